The van der Waals surface area contributed by atoms with E-state index in [1.165, 1.54) is 27.8 Å². The smallest absolute Gasteiger partial charge is 0.258 e. The van der Waals surface area contributed by atoms with Crippen molar-refractivity contribution in [3.8, 4) is 56.3 Å². The number of aliphatic hydroxyl groups excluding tert-OH is 1. The van der Waals surface area contributed by atoms with Crippen LogP contribution < -0.4 is 43.7 Å². The quantitative estimate of drug-likeness (QED) is 0.0833. The normalized spacial score (nSPS) is 15.8. The van der Waals surface area contributed by atoms with Crippen molar-refractivity contribution in [1.82, 2.24) is 121 Å². The maximum Gasteiger partial charge on any atom is 0.258 e. The molecule has 21 heterocycles. The molecule has 0 amide bonds. The van der Waals surface area contributed by atoms with Gasteiger partial charge in [-0.3, -0.25) is 64.7 Å². The highest BCUT2D eigenvalue weighted by atomic mass is 16.3. The van der Waals surface area contributed by atoms with Crippen LogP contribution in [0.5, 0.6) is 0 Å². The van der Waals surface area contributed by atoms with Gasteiger partial charge in [0.2, 0.25) is 0 Å². The third kappa shape index (κ3) is 19.4. The molecule has 31 heteroatoms. The molecule has 5 aliphatic heterocycles. The minimum Gasteiger partial charge on any atom is -0.395 e. The first kappa shape index (κ1) is 91.4. The summed E-state index contributed by atoms with van der Waals surface area (Å²) in [7, 11) is 7.66. The van der Waals surface area contributed by atoms with Crippen molar-refractivity contribution in [3.05, 3.63) is 329 Å². The molecule has 0 aliphatic carbocycles. The second-order valence-electron chi connectivity index (χ2n) is 37.7. The van der Waals surface area contributed by atoms with E-state index in [0.717, 1.165) is 226 Å². The minimum atomic E-state index is -0.0687. The maximum absolute atomic E-state index is 12.9. The Hall–Kier alpha value is -15.0. The number of aliphatic hydroxyl groups is 1. The number of hydrogen-bond acceptors (Lipinski definition) is 21. The van der Waals surface area contributed by atoms with Crippen LogP contribution in [-0.2, 0) is 28.2 Å². The molecule has 710 valence electrons. The van der Waals surface area contributed by atoms with E-state index in [1.807, 2.05) is 237 Å². The molecule has 0 saturated carbocycles. The molecule has 0 radical (unpaired) electrons. The van der Waals surface area contributed by atoms with Gasteiger partial charge in [0.1, 0.15) is 33.9 Å². The number of imidazole rings is 1. The molecule has 4 N–H and O–H groups in total. The number of hydrogen-bond donors (Lipinski definition) is 4. The molecule has 140 heavy (non-hydrogen) atoms. The number of piperidine rings is 5. The van der Waals surface area contributed by atoms with Gasteiger partial charge in [-0.05, 0) is 292 Å². The van der Waals surface area contributed by atoms with Crippen LogP contribution in [0.1, 0.15) is 134 Å². The van der Waals surface area contributed by atoms with E-state index in [-0.39, 0.29) is 34.4 Å². The average Bonchev–Trinajstić information content (AvgIpc) is 1.29. The molecule has 5 fully saturated rings. The molecular weight excluding hydrogens is 1760 g/mol. The molecule has 0 spiro atoms. The summed E-state index contributed by atoms with van der Waals surface area (Å²) in [5.41, 5.74) is 23.2. The summed E-state index contributed by atoms with van der Waals surface area (Å²) < 4.78 is 17.6. The summed E-state index contributed by atoms with van der Waals surface area (Å²) in [4.78, 5) is 97.0. The lowest BCUT2D eigenvalue weighted by Crippen LogP contribution is -2.35. The van der Waals surface area contributed by atoms with Crippen molar-refractivity contribution in [2.24, 2.45) is 28.2 Å². The van der Waals surface area contributed by atoms with Gasteiger partial charge in [0, 0.05) is 164 Å². The molecule has 0 unspecified atom stereocenters. The Bertz CT molecular complexity index is 8010. The Kier molecular flexibility index (Phi) is 26.0. The molecule has 5 saturated heterocycles. The summed E-state index contributed by atoms with van der Waals surface area (Å²) in [5.74, 6) is 2.48. The van der Waals surface area contributed by atoms with Gasteiger partial charge >= 0.3 is 0 Å². The molecule has 31 nitrogen and oxygen atoms in total. The number of fused-ring (bicyclic) bond motifs is 10. The number of aryl methyl sites for hydroxylation is 5. The van der Waals surface area contributed by atoms with Crippen LogP contribution in [0.4, 0.5) is 0 Å². The Balaban J connectivity index is 0.000000104. The average molecular weight is 1870 g/mol. The first-order valence-electron chi connectivity index (χ1n) is 48.8. The maximum atomic E-state index is 12.9. The van der Waals surface area contributed by atoms with Gasteiger partial charge < -0.3 is 35.3 Å². The molecule has 4 aromatic carbocycles. The highest BCUT2D eigenvalue weighted by Gasteiger charge is 2.26. The van der Waals surface area contributed by atoms with Crippen molar-refractivity contribution < 1.29 is 5.11 Å². The molecule has 0 bridgehead atoms. The van der Waals surface area contributed by atoms with Crippen LogP contribution in [0.2, 0.25) is 0 Å². The predicted octanol–water partition coefficient (Wildman–Crippen LogP) is 14.1. The molecule has 16 aromatic heterocycles. The van der Waals surface area contributed by atoms with Crippen LogP contribution >= 0.6 is 0 Å². The number of nitrogens with zero attached hydrogens (tertiary/aromatic N) is 22. The van der Waals surface area contributed by atoms with Crippen LogP contribution in [0.3, 0.4) is 0 Å². The Labute approximate surface area is 805 Å². The number of pyridine rings is 6. The van der Waals surface area contributed by atoms with Crippen LogP contribution in [0.15, 0.2) is 268 Å². The summed E-state index contributed by atoms with van der Waals surface area (Å²) in [6.45, 7) is 16.6. The molecule has 5 aliphatic rings. The number of rotatable bonds is 13. The summed E-state index contributed by atoms with van der Waals surface area (Å²) in [6.07, 6.45) is 32.3. The fraction of sp³-hybridized carbons (Fsp3) is 0.312. The van der Waals surface area contributed by atoms with E-state index >= 15 is 0 Å². The number of β-amino-alcohol motifs (C(OH)–C–C–N with tert-alkyl or cyclic N) is 1. The number of benzene rings is 4. The molecule has 20 aromatic rings. The zero-order chi connectivity index (χ0) is 95.8. The summed E-state index contributed by atoms with van der Waals surface area (Å²) >= 11 is 0. The highest BCUT2D eigenvalue weighted by molar-refractivity contribution is 5.87. The number of aromatic nitrogens is 20. The first-order valence-corrected chi connectivity index (χ1v) is 48.8. The fourth-order valence-corrected chi connectivity index (χ4v) is 20.8. The fourth-order valence-electron chi connectivity index (χ4n) is 20.8. The Morgan fingerprint density at radius 2 is 0.629 bits per heavy atom. The van der Waals surface area contributed by atoms with Crippen LogP contribution in [0.25, 0.3) is 134 Å². The topological polar surface area (TPSA) is 323 Å². The van der Waals surface area contributed by atoms with Crippen molar-refractivity contribution in [1.29, 1.82) is 0 Å². The molecule has 0 atom stereocenters. The van der Waals surface area contributed by atoms with Gasteiger partial charge in [0.25, 0.3) is 27.8 Å². The largest absolute Gasteiger partial charge is 0.395 e. The lowest BCUT2D eigenvalue weighted by Gasteiger charge is -2.31. The lowest BCUT2D eigenvalue weighted by atomic mass is 9.90. The standard InChI is InChI=1S/C23H25N5O2.C23H25N5O.3C21H21N5O/c1-26-21-4-2-17(12-19(21)14-24-26)20-13-23(30)28-15-18(3-5-22(28)25-20)16-6-8-27(9-7-16)10-11-29;1-3-27-10-8-16(9-11-27)18-5-7-22-25-20(13-23(29)28(22)15-18)17-4-6-21-19(12-17)14-24-26(21)2;1-14-11-25-12-17(3-4-19(25)23-14)18-10-21(27)26-13-16(2-5-20(26)24-18)15-6-8-22-9-7-15;1-25-19-4-2-15(10-17(19)12-23-25)18-11-21(27)26-13-16(3-5-20(26)24-18)14-6-8-22-9-7-14;1-25-12-17-10-15(2-4-18(17)24-25)19-11-21(27)26-13-16(3-5-20(26)23-19)14-6-8-22-9-7-14/h2-5,12-16,29H,6-11H2,1H3;4-7,12-16H,3,8-11H2,1-2H3;2-5,10-13,15,22H,6-9H2,1H3;2*2-5,10-14,22H,6-9H2,1H3. The van der Waals surface area contributed by atoms with Crippen molar-refractivity contribution >= 4 is 77.5 Å². The second kappa shape index (κ2) is 39.8. The molecular formula is C109H113N25O6. The number of likely N-dealkylation sites (tertiary alicyclic amines) is 2. The van der Waals surface area contributed by atoms with Gasteiger partial charge in [-0.25, -0.2) is 29.9 Å². The highest BCUT2D eigenvalue weighted by Crippen LogP contribution is 2.35. The third-order valence-electron chi connectivity index (χ3n) is 28.7. The van der Waals surface area contributed by atoms with Gasteiger partial charge in [-0.15, -0.1) is 0 Å². The zero-order valence-corrected chi connectivity index (χ0v) is 79.6. The number of nitrogens with one attached hydrogen (secondary N) is 3. The van der Waals surface area contributed by atoms with Gasteiger partial charge in [0.05, 0.1) is 81.4 Å². The summed E-state index contributed by atoms with van der Waals surface area (Å²) in [5, 5.41) is 40.7. The third-order valence-corrected chi connectivity index (χ3v) is 28.7. The SMILES string of the molecule is CCN1CCC(c2ccc3nc(-c4ccc5c(cnn5C)c4)cc(=O)n3c2)CC1.Cc1cn2cc(-c3cc(=O)n4cc(C5CCNCC5)ccc4n3)ccc2n1.Cn1cc2cc(-c3cc(=O)n4cc(C5CCNCC5)ccc4n3)ccc2n1.Cn1ncc2cc(-c3cc(=O)n4cc(C5CCN(CCO)CC5)ccc4n3)ccc21.Cn1ncc2cc(-c3cc(=O)n4cc(C5CCNCC5)ccc4n3)ccc21. The van der Waals surface area contributed by atoms with Crippen LogP contribution in [-0.4, -0.2) is 195 Å². The van der Waals surface area contributed by atoms with E-state index < -0.39 is 0 Å². The minimum absolute atomic E-state index is 0.0378. The van der Waals surface area contributed by atoms with E-state index in [9.17, 15) is 24.0 Å². The van der Waals surface area contributed by atoms with Crippen molar-refractivity contribution in [2.45, 2.75) is 108 Å². The van der Waals surface area contributed by atoms with Gasteiger partial charge in [0.15, 0.2) is 0 Å². The van der Waals surface area contributed by atoms with E-state index in [4.69, 9.17) is 30.0 Å². The van der Waals surface area contributed by atoms with E-state index in [2.05, 4.69) is 88.4 Å². The molecule has 25 rings (SSSR count). The van der Waals surface area contributed by atoms with Gasteiger partial charge in [-0.1, -0.05) is 61.5 Å². The van der Waals surface area contributed by atoms with E-state index in [0.29, 0.717) is 86.3 Å². The van der Waals surface area contributed by atoms with Crippen molar-refractivity contribution in [2.75, 3.05) is 85.1 Å². The zero-order valence-electron chi connectivity index (χ0n) is 79.6. The van der Waals surface area contributed by atoms with Gasteiger partial charge in [-0.2, -0.15) is 20.4 Å². The van der Waals surface area contributed by atoms with E-state index in [1.54, 1.807) is 57.0 Å². The Morgan fingerprint density at radius 3 is 0.971 bits per heavy atom. The first-order chi connectivity index (χ1) is 68.3. The monoisotopic (exact) mass is 1870 g/mol. The second-order valence-corrected chi connectivity index (χ2v) is 37.7. The predicted molar refractivity (Wildman–Crippen MR) is 549 cm³/mol. The lowest BCUT2D eigenvalue weighted by molar-refractivity contribution is 0.164. The van der Waals surface area contributed by atoms with Crippen molar-refractivity contribution in [3.63, 3.8) is 0 Å². The summed E-state index contributed by atoms with van der Waals surface area (Å²) in [6, 6.07) is 56.5. The van der Waals surface area contributed by atoms with Crippen LogP contribution in [0, 0.1) is 6.92 Å². The Morgan fingerprint density at radius 1 is 0.321 bits per heavy atom.